The van der Waals surface area contributed by atoms with E-state index in [1.165, 1.54) is 16.8 Å². The third kappa shape index (κ3) is 7.72. The zero-order chi connectivity index (χ0) is 45.2. The normalized spacial score (nSPS) is 23.2. The highest BCUT2D eigenvalue weighted by molar-refractivity contribution is 5.99. The van der Waals surface area contributed by atoms with Crippen LogP contribution < -0.4 is 31.6 Å². The first-order valence-corrected chi connectivity index (χ1v) is 23.3. The highest BCUT2D eigenvalue weighted by atomic mass is 16.3. The Morgan fingerprint density at radius 3 is 2.36 bits per heavy atom. The SMILES string of the molecule is C[C@@]1(O)CC/C=C\Cn2c(=O)c3cnc(Nc4ccc(N5CCC(N6CCC7(CCN(c8ccc9cnn(C%10CCC(=O)NC%10=O)c(=O)c9c8)CC7)C6)CC5)cc4)nc3n2-c2cccc1n2. The van der Waals surface area contributed by atoms with Gasteiger partial charge in [-0.1, -0.05) is 24.3 Å². The molecule has 11 rings (SSSR count). The van der Waals surface area contributed by atoms with Crippen molar-refractivity contribution >= 4 is 56.6 Å². The lowest BCUT2D eigenvalue weighted by Crippen LogP contribution is -2.46. The number of aliphatic hydroxyl groups is 1. The topological polar surface area (TPSA) is 189 Å². The molecule has 2 bridgehead atoms. The molecular formula is C49H54N12O5. The van der Waals surface area contributed by atoms with E-state index in [0.29, 0.717) is 64.7 Å². The first kappa shape index (κ1) is 41.9. The van der Waals surface area contributed by atoms with Crippen LogP contribution in [-0.4, -0.2) is 101 Å². The minimum Gasteiger partial charge on any atom is -0.384 e. The number of hydrogen-bond donors (Lipinski definition) is 3. The van der Waals surface area contributed by atoms with E-state index in [1.807, 2.05) is 54.6 Å². The Bertz CT molecular complexity index is 3010. The van der Waals surface area contributed by atoms with E-state index in [0.717, 1.165) is 81.7 Å². The van der Waals surface area contributed by atoms with Gasteiger partial charge in [0, 0.05) is 73.8 Å². The molecule has 4 fully saturated rings. The molecule has 2 aromatic carbocycles. The molecule has 1 unspecified atom stereocenters. The summed E-state index contributed by atoms with van der Waals surface area (Å²) >= 11 is 0. The van der Waals surface area contributed by atoms with Crippen LogP contribution in [0.25, 0.3) is 27.6 Å². The summed E-state index contributed by atoms with van der Waals surface area (Å²) in [5.41, 5.74) is 2.68. The van der Waals surface area contributed by atoms with Crippen molar-refractivity contribution in [2.45, 2.75) is 88.9 Å². The van der Waals surface area contributed by atoms with Gasteiger partial charge in [0.15, 0.2) is 11.5 Å². The number of aromatic nitrogens is 7. The molecule has 0 aliphatic carbocycles. The molecule has 17 heteroatoms. The van der Waals surface area contributed by atoms with Crippen molar-refractivity contribution < 1.29 is 14.7 Å². The number of piperidine rings is 3. The Hall–Kier alpha value is -6.72. The number of benzene rings is 2. The van der Waals surface area contributed by atoms with Gasteiger partial charge in [0.2, 0.25) is 11.9 Å². The Kier molecular flexibility index (Phi) is 10.6. The number of amides is 2. The van der Waals surface area contributed by atoms with Crippen LogP contribution in [0.1, 0.15) is 76.4 Å². The second-order valence-electron chi connectivity index (χ2n) is 19.0. The summed E-state index contributed by atoms with van der Waals surface area (Å²) < 4.78 is 4.56. The van der Waals surface area contributed by atoms with Gasteiger partial charge in [-0.3, -0.25) is 29.4 Å². The van der Waals surface area contributed by atoms with Gasteiger partial charge in [0.1, 0.15) is 17.0 Å². The van der Waals surface area contributed by atoms with E-state index in [9.17, 15) is 24.3 Å². The van der Waals surface area contributed by atoms with E-state index in [2.05, 4.69) is 53.6 Å². The lowest BCUT2D eigenvalue weighted by atomic mass is 9.77. The fourth-order valence-electron chi connectivity index (χ4n) is 10.9. The molecule has 66 heavy (non-hydrogen) atoms. The second kappa shape index (κ2) is 16.6. The van der Waals surface area contributed by atoms with Crippen LogP contribution in [0.3, 0.4) is 0 Å². The largest absolute Gasteiger partial charge is 0.384 e. The third-order valence-corrected chi connectivity index (χ3v) is 14.9. The molecule has 17 nitrogen and oxygen atoms in total. The van der Waals surface area contributed by atoms with Crippen molar-refractivity contribution in [1.82, 2.24) is 44.3 Å². The van der Waals surface area contributed by atoms with Crippen molar-refractivity contribution in [3.63, 3.8) is 0 Å². The lowest BCUT2D eigenvalue weighted by molar-refractivity contribution is -0.136. The molecule has 0 saturated carbocycles. The number of imide groups is 1. The maximum atomic E-state index is 13.6. The highest BCUT2D eigenvalue weighted by Gasteiger charge is 2.43. The predicted molar refractivity (Wildman–Crippen MR) is 251 cm³/mol. The molecular weight excluding hydrogens is 837 g/mol. The average molecular weight is 891 g/mol. The Labute approximate surface area is 380 Å². The quantitative estimate of drug-likeness (QED) is 0.151. The molecule has 3 N–H and O–H groups in total. The summed E-state index contributed by atoms with van der Waals surface area (Å²) in [6, 6.07) is 19.6. The van der Waals surface area contributed by atoms with E-state index in [4.69, 9.17) is 9.97 Å². The van der Waals surface area contributed by atoms with Gasteiger partial charge in [-0.2, -0.15) is 10.1 Å². The van der Waals surface area contributed by atoms with E-state index in [-0.39, 0.29) is 29.9 Å². The van der Waals surface area contributed by atoms with E-state index in [1.54, 1.807) is 28.7 Å². The summed E-state index contributed by atoms with van der Waals surface area (Å²) in [4.78, 5) is 73.2. The van der Waals surface area contributed by atoms with E-state index < -0.39 is 17.6 Å². The van der Waals surface area contributed by atoms with Crippen LogP contribution in [-0.2, 0) is 21.7 Å². The summed E-state index contributed by atoms with van der Waals surface area (Å²) in [6.07, 6.45) is 14.4. The molecule has 2 atom stereocenters. The van der Waals surface area contributed by atoms with Crippen molar-refractivity contribution in [2.24, 2.45) is 5.41 Å². The fourth-order valence-corrected chi connectivity index (χ4v) is 10.9. The van der Waals surface area contributed by atoms with Gasteiger partial charge in [0.05, 0.1) is 23.8 Å². The van der Waals surface area contributed by atoms with Gasteiger partial charge in [-0.05, 0) is 119 Å². The summed E-state index contributed by atoms with van der Waals surface area (Å²) in [7, 11) is 0. The van der Waals surface area contributed by atoms with Crippen LogP contribution in [0.15, 0.2) is 94.8 Å². The predicted octanol–water partition coefficient (Wildman–Crippen LogP) is 4.93. The Morgan fingerprint density at radius 1 is 0.788 bits per heavy atom. The van der Waals surface area contributed by atoms with Gasteiger partial charge in [0.25, 0.3) is 17.0 Å². The number of anilines is 4. The zero-order valence-electron chi connectivity index (χ0n) is 37.1. The van der Waals surface area contributed by atoms with Crippen LogP contribution >= 0.6 is 0 Å². The first-order chi connectivity index (χ1) is 32.0. The van der Waals surface area contributed by atoms with Crippen molar-refractivity contribution in [3.05, 3.63) is 112 Å². The number of pyridine rings is 1. The molecule has 5 aliphatic heterocycles. The standard InChI is InChI=1S/C49H54N12O5/c1-48(66)18-3-2-4-22-59-45(64)38-30-50-47(55-43(38)61(59)41-7-5-6-40(48)53-41)52-33-9-12-34(13-10-33)56-23-16-35(17-24-56)58-27-21-49(31-58)19-25-57(26-20-49)36-11-8-32-29-51-60(46(65)37(32)28-36)39-14-15-42(62)54-44(39)63/h2,4-13,28-30,35,39,66H,3,14-27,31H2,1H3,(H,50,52,55)(H,54,62,63)/b4-2-/t39?,48-/m1/s1. The minimum atomic E-state index is -1.12. The fraction of sp³-hybridized carbons (Fsp3) is 0.429. The molecule has 0 radical (unpaired) electrons. The number of nitrogens with one attached hydrogen (secondary N) is 2. The zero-order valence-corrected chi connectivity index (χ0v) is 37.1. The number of nitrogens with zero attached hydrogens (tertiary/aromatic N) is 10. The van der Waals surface area contributed by atoms with Gasteiger partial charge < -0.3 is 20.2 Å². The molecule has 340 valence electrons. The molecule has 4 saturated heterocycles. The number of hydrogen-bond acceptors (Lipinski definition) is 13. The smallest absolute Gasteiger partial charge is 0.278 e. The highest BCUT2D eigenvalue weighted by Crippen LogP contribution is 2.43. The summed E-state index contributed by atoms with van der Waals surface area (Å²) in [6.45, 7) is 8.20. The number of carbonyl (C=O) groups excluding carboxylic acids is 2. The van der Waals surface area contributed by atoms with Crippen LogP contribution in [0.2, 0.25) is 0 Å². The second-order valence-corrected chi connectivity index (χ2v) is 19.0. The Balaban J connectivity index is 0.706. The molecule has 5 aliphatic rings. The van der Waals surface area contributed by atoms with Gasteiger partial charge in [-0.25, -0.2) is 24.0 Å². The van der Waals surface area contributed by atoms with E-state index >= 15 is 0 Å². The number of allylic oxidation sites excluding steroid dienone is 2. The van der Waals surface area contributed by atoms with Gasteiger partial charge >= 0.3 is 0 Å². The minimum absolute atomic E-state index is 0.186. The molecule has 1 spiro atoms. The molecule has 9 heterocycles. The summed E-state index contributed by atoms with van der Waals surface area (Å²) in [5, 5.41) is 22.8. The number of rotatable bonds is 6. The van der Waals surface area contributed by atoms with Crippen LogP contribution in [0.4, 0.5) is 23.0 Å². The molecule has 2 amide bonds. The van der Waals surface area contributed by atoms with Crippen LogP contribution in [0, 0.1) is 5.41 Å². The first-order valence-electron chi connectivity index (χ1n) is 23.3. The summed E-state index contributed by atoms with van der Waals surface area (Å²) in [5.74, 6) is 0.0666. The number of carbonyl (C=O) groups is 2. The van der Waals surface area contributed by atoms with Crippen molar-refractivity contribution in [3.8, 4) is 5.82 Å². The van der Waals surface area contributed by atoms with Crippen LogP contribution in [0.5, 0.6) is 0 Å². The van der Waals surface area contributed by atoms with Crippen molar-refractivity contribution in [1.29, 1.82) is 0 Å². The maximum absolute atomic E-state index is 13.6. The monoisotopic (exact) mass is 890 g/mol. The molecule has 6 aromatic rings. The number of fused-ring (bicyclic) bond motifs is 7. The van der Waals surface area contributed by atoms with Gasteiger partial charge in [-0.15, -0.1) is 0 Å². The lowest BCUT2D eigenvalue weighted by Gasteiger charge is -2.42. The average Bonchev–Trinajstić information content (AvgIpc) is 3.86. The van der Waals surface area contributed by atoms with Crippen molar-refractivity contribution in [2.75, 3.05) is 54.4 Å². The number of likely N-dealkylation sites (tertiary alicyclic amines) is 1. The maximum Gasteiger partial charge on any atom is 0.278 e. The third-order valence-electron chi connectivity index (χ3n) is 14.9. The Morgan fingerprint density at radius 2 is 1.56 bits per heavy atom. The molecule has 4 aromatic heterocycles.